The summed E-state index contributed by atoms with van der Waals surface area (Å²) in [6, 6.07) is 6.91. The largest absolute Gasteiger partial charge is 0.482 e. The third kappa shape index (κ3) is 3.29. The molecule has 0 radical (unpaired) electrons. The molecule has 1 aliphatic heterocycles. The molecule has 0 bridgehead atoms. The van der Waals surface area contributed by atoms with E-state index in [4.69, 9.17) is 9.84 Å². The monoisotopic (exact) mass is 277 g/mol. The fraction of sp³-hybridized carbons (Fsp3) is 0.467. The second kappa shape index (κ2) is 5.94. The Morgan fingerprint density at radius 1 is 1.40 bits per heavy atom. The van der Waals surface area contributed by atoms with Crippen molar-refractivity contribution in [2.75, 3.05) is 13.2 Å². The Morgan fingerprint density at radius 3 is 2.75 bits per heavy atom. The van der Waals surface area contributed by atoms with Crippen LogP contribution in [-0.4, -0.2) is 41.1 Å². The Kier molecular flexibility index (Phi) is 4.27. The van der Waals surface area contributed by atoms with E-state index in [1.807, 2.05) is 11.8 Å². The van der Waals surface area contributed by atoms with E-state index < -0.39 is 12.6 Å². The van der Waals surface area contributed by atoms with Crippen molar-refractivity contribution in [1.82, 2.24) is 4.90 Å². The number of nitrogens with zero attached hydrogens (tertiary/aromatic N) is 1. The molecule has 108 valence electrons. The molecule has 1 aliphatic rings. The second-order valence-electron chi connectivity index (χ2n) is 5.36. The summed E-state index contributed by atoms with van der Waals surface area (Å²) in [6.45, 7) is 4.54. The van der Waals surface area contributed by atoms with Crippen molar-refractivity contribution >= 4 is 11.9 Å². The summed E-state index contributed by atoms with van der Waals surface area (Å²) in [7, 11) is 0. The van der Waals surface area contributed by atoms with Crippen LogP contribution >= 0.6 is 0 Å². The van der Waals surface area contributed by atoms with Gasteiger partial charge in [0.1, 0.15) is 5.75 Å². The van der Waals surface area contributed by atoms with Gasteiger partial charge >= 0.3 is 5.97 Å². The van der Waals surface area contributed by atoms with Gasteiger partial charge in [-0.3, -0.25) is 4.79 Å². The highest BCUT2D eigenvalue weighted by molar-refractivity contribution is 5.95. The first-order chi connectivity index (χ1) is 9.47. The maximum atomic E-state index is 12.4. The van der Waals surface area contributed by atoms with Crippen molar-refractivity contribution in [3.05, 3.63) is 29.8 Å². The van der Waals surface area contributed by atoms with E-state index in [1.54, 1.807) is 24.3 Å². The molecule has 0 aliphatic carbocycles. The minimum Gasteiger partial charge on any atom is -0.482 e. The molecule has 5 heteroatoms. The highest BCUT2D eigenvalue weighted by atomic mass is 16.5. The second-order valence-corrected chi connectivity index (χ2v) is 5.36. The Balaban J connectivity index is 2.10. The van der Waals surface area contributed by atoms with Crippen LogP contribution in [0.4, 0.5) is 0 Å². The lowest BCUT2D eigenvalue weighted by Gasteiger charge is -2.21. The molecule has 5 nitrogen and oxygen atoms in total. The number of carbonyl (C=O) groups excluding carboxylic acids is 1. The summed E-state index contributed by atoms with van der Waals surface area (Å²) in [5, 5.41) is 8.59. The maximum absolute atomic E-state index is 12.4. The van der Waals surface area contributed by atoms with E-state index in [9.17, 15) is 9.59 Å². The van der Waals surface area contributed by atoms with Crippen molar-refractivity contribution in [2.24, 2.45) is 5.92 Å². The zero-order valence-corrected chi connectivity index (χ0v) is 11.7. The minimum absolute atomic E-state index is 0.0253. The number of likely N-dealkylation sites (tertiary alicyclic amines) is 1. The van der Waals surface area contributed by atoms with Crippen LogP contribution in [-0.2, 0) is 4.79 Å². The summed E-state index contributed by atoms with van der Waals surface area (Å²) in [6.07, 6.45) is 1.01. The first-order valence-corrected chi connectivity index (χ1v) is 6.73. The number of ether oxygens (including phenoxy) is 1. The molecular weight excluding hydrogens is 258 g/mol. The Hall–Kier alpha value is -2.04. The van der Waals surface area contributed by atoms with E-state index in [0.29, 0.717) is 17.2 Å². The molecule has 0 aromatic heterocycles. The van der Waals surface area contributed by atoms with Gasteiger partial charge in [-0.1, -0.05) is 13.0 Å². The Bertz CT molecular complexity index is 514. The summed E-state index contributed by atoms with van der Waals surface area (Å²) in [5.74, 6) is -0.148. The van der Waals surface area contributed by atoms with Crippen LogP contribution in [0.5, 0.6) is 5.75 Å². The predicted molar refractivity (Wildman–Crippen MR) is 73.9 cm³/mol. The number of aliphatic carboxylic acids is 1. The van der Waals surface area contributed by atoms with Gasteiger partial charge in [-0.05, 0) is 37.5 Å². The number of hydrogen-bond acceptors (Lipinski definition) is 3. The molecule has 1 heterocycles. The molecule has 1 aromatic carbocycles. The van der Waals surface area contributed by atoms with Gasteiger partial charge in [0.05, 0.1) is 0 Å². The summed E-state index contributed by atoms with van der Waals surface area (Å²) >= 11 is 0. The Morgan fingerprint density at radius 2 is 2.15 bits per heavy atom. The van der Waals surface area contributed by atoms with Crippen LogP contribution in [0.25, 0.3) is 0 Å². The average molecular weight is 277 g/mol. The fourth-order valence-electron chi connectivity index (χ4n) is 2.61. The number of carboxylic acids is 1. The SMILES string of the molecule is CC1CC(C)N(C(=O)c2cccc(OCC(=O)O)c2)C1. The van der Waals surface area contributed by atoms with Crippen LogP contribution in [0.3, 0.4) is 0 Å². The van der Waals surface area contributed by atoms with Crippen molar-refractivity contribution in [3.8, 4) is 5.75 Å². The van der Waals surface area contributed by atoms with E-state index in [-0.39, 0.29) is 11.9 Å². The van der Waals surface area contributed by atoms with E-state index in [0.717, 1.165) is 13.0 Å². The number of carbonyl (C=O) groups is 2. The zero-order chi connectivity index (χ0) is 14.7. The van der Waals surface area contributed by atoms with Crippen LogP contribution in [0.15, 0.2) is 24.3 Å². The van der Waals surface area contributed by atoms with Gasteiger partial charge in [0.15, 0.2) is 6.61 Å². The summed E-state index contributed by atoms with van der Waals surface area (Å²) in [4.78, 5) is 24.8. The number of carboxylic acid groups (broad SMARTS) is 1. The maximum Gasteiger partial charge on any atom is 0.341 e. The van der Waals surface area contributed by atoms with Crippen molar-refractivity contribution < 1.29 is 19.4 Å². The van der Waals surface area contributed by atoms with Gasteiger partial charge in [-0.2, -0.15) is 0 Å². The number of amides is 1. The molecule has 1 saturated heterocycles. The van der Waals surface area contributed by atoms with Gasteiger partial charge in [0.25, 0.3) is 5.91 Å². The average Bonchev–Trinajstić information content (AvgIpc) is 2.75. The first-order valence-electron chi connectivity index (χ1n) is 6.73. The van der Waals surface area contributed by atoms with E-state index in [2.05, 4.69) is 6.92 Å². The molecule has 2 unspecified atom stereocenters. The van der Waals surface area contributed by atoms with Crippen LogP contribution < -0.4 is 4.74 Å². The highest BCUT2D eigenvalue weighted by Crippen LogP contribution is 2.25. The number of hydrogen-bond donors (Lipinski definition) is 1. The van der Waals surface area contributed by atoms with Crippen molar-refractivity contribution in [3.63, 3.8) is 0 Å². The first kappa shape index (κ1) is 14.4. The smallest absolute Gasteiger partial charge is 0.341 e. The minimum atomic E-state index is -1.04. The summed E-state index contributed by atoms with van der Waals surface area (Å²) in [5.41, 5.74) is 0.536. The van der Waals surface area contributed by atoms with Gasteiger partial charge in [0.2, 0.25) is 0 Å². The lowest BCUT2D eigenvalue weighted by Crippen LogP contribution is -2.33. The molecule has 20 heavy (non-hydrogen) atoms. The van der Waals surface area contributed by atoms with Gasteiger partial charge in [-0.15, -0.1) is 0 Å². The normalized spacial score (nSPS) is 21.8. The van der Waals surface area contributed by atoms with E-state index >= 15 is 0 Å². The number of rotatable bonds is 4. The Labute approximate surface area is 118 Å². The predicted octanol–water partition coefficient (Wildman–Crippen LogP) is 2.02. The molecule has 1 N–H and O–H groups in total. The van der Waals surface area contributed by atoms with Crippen LogP contribution in [0, 0.1) is 5.92 Å². The molecule has 2 rings (SSSR count). The number of benzene rings is 1. The molecule has 0 spiro atoms. The van der Waals surface area contributed by atoms with E-state index in [1.165, 1.54) is 0 Å². The summed E-state index contributed by atoms with van der Waals surface area (Å²) < 4.78 is 5.10. The molecule has 2 atom stereocenters. The fourth-order valence-corrected chi connectivity index (χ4v) is 2.61. The van der Waals surface area contributed by atoms with Gasteiger partial charge < -0.3 is 14.7 Å². The topological polar surface area (TPSA) is 66.8 Å². The lowest BCUT2D eigenvalue weighted by atomic mass is 10.1. The molecule has 1 amide bonds. The molecule has 1 aromatic rings. The quantitative estimate of drug-likeness (QED) is 0.914. The molecule has 0 saturated carbocycles. The highest BCUT2D eigenvalue weighted by Gasteiger charge is 2.30. The van der Waals surface area contributed by atoms with Crippen LogP contribution in [0.1, 0.15) is 30.6 Å². The third-order valence-electron chi connectivity index (χ3n) is 3.49. The molecular formula is C15H19NO4. The van der Waals surface area contributed by atoms with Crippen LogP contribution in [0.2, 0.25) is 0 Å². The van der Waals surface area contributed by atoms with Crippen molar-refractivity contribution in [2.45, 2.75) is 26.3 Å². The zero-order valence-electron chi connectivity index (χ0n) is 11.7. The van der Waals surface area contributed by atoms with Gasteiger partial charge in [0, 0.05) is 18.2 Å². The third-order valence-corrected chi connectivity index (χ3v) is 3.49. The van der Waals surface area contributed by atoms with Gasteiger partial charge in [-0.25, -0.2) is 4.79 Å². The van der Waals surface area contributed by atoms with Crippen molar-refractivity contribution in [1.29, 1.82) is 0 Å². The standard InChI is InChI=1S/C15H19NO4/c1-10-6-11(2)16(8-10)15(19)12-4-3-5-13(7-12)20-9-14(17)18/h3-5,7,10-11H,6,8-9H2,1-2H3,(H,17,18). The lowest BCUT2D eigenvalue weighted by molar-refractivity contribution is -0.139. The molecule has 1 fully saturated rings.